The molecule has 0 fully saturated rings. The van der Waals surface area contributed by atoms with Crippen LogP contribution in [0.5, 0.6) is 0 Å². The molecule has 1 unspecified atom stereocenters. The molecule has 0 heterocycles. The van der Waals surface area contributed by atoms with Crippen molar-refractivity contribution < 1.29 is 4.74 Å². The molecule has 0 aliphatic rings. The van der Waals surface area contributed by atoms with E-state index in [9.17, 15) is 0 Å². The molecule has 0 rings (SSSR count). The van der Waals surface area contributed by atoms with Crippen LogP contribution in [0, 0.1) is 11.8 Å². The average molecular weight is 274 g/mol. The Morgan fingerprint density at radius 2 is 1.50 bits per heavy atom. The zero-order valence-corrected chi connectivity index (χ0v) is 13.8. The van der Waals surface area contributed by atoms with Crippen LogP contribution < -0.4 is 0 Å². The summed E-state index contributed by atoms with van der Waals surface area (Å²) in [6.07, 6.45) is 2.20. The first-order valence-corrected chi connectivity index (χ1v) is 7.95. The molecule has 0 spiro atoms. The lowest BCUT2D eigenvalue weighted by atomic mass is 10.1. The van der Waals surface area contributed by atoms with Gasteiger partial charge in [-0.1, -0.05) is 40.3 Å². The van der Waals surface area contributed by atoms with E-state index >= 15 is 0 Å². The fraction of sp³-hybridized carbons (Fsp3) is 1.00. The maximum Gasteiger partial charge on any atom is 0.0619 e. The van der Waals surface area contributed by atoms with Crippen molar-refractivity contribution in [2.24, 2.45) is 11.8 Å². The number of unbranched alkanes of at least 4 members (excludes halogenated alkanes) is 1. The average Bonchev–Trinajstić information content (AvgIpc) is 2.26. The highest BCUT2D eigenvalue weighted by Crippen LogP contribution is 2.09. The molecule has 1 radical (unpaired) electrons. The topological polar surface area (TPSA) is 12.5 Å². The van der Waals surface area contributed by atoms with Gasteiger partial charge in [0.2, 0.25) is 0 Å². The summed E-state index contributed by atoms with van der Waals surface area (Å²) in [6.45, 7) is 15.4. The quantitative estimate of drug-likeness (QED) is 0.528. The van der Waals surface area contributed by atoms with Crippen molar-refractivity contribution in [1.29, 1.82) is 0 Å². The van der Waals surface area contributed by atoms with E-state index in [0.29, 0.717) is 17.9 Å². The first-order chi connectivity index (χ1) is 8.47. The molecule has 0 aliphatic carbocycles. The molecule has 3 heteroatoms. The predicted molar refractivity (Wildman–Crippen MR) is 83.2 cm³/mol. The Morgan fingerprint density at radius 1 is 0.944 bits per heavy atom. The van der Waals surface area contributed by atoms with Gasteiger partial charge in [0.1, 0.15) is 0 Å². The van der Waals surface area contributed by atoms with Crippen molar-refractivity contribution in [3.8, 4) is 0 Å². The molecule has 0 aromatic rings. The van der Waals surface area contributed by atoms with Crippen LogP contribution in [0.25, 0.3) is 0 Å². The molecule has 2 nitrogen and oxygen atoms in total. The number of rotatable bonds is 11. The first-order valence-electron chi connectivity index (χ1n) is 7.37. The van der Waals surface area contributed by atoms with E-state index in [1.807, 2.05) is 0 Å². The molecule has 18 heavy (non-hydrogen) atoms. The van der Waals surface area contributed by atoms with Crippen molar-refractivity contribution in [2.75, 3.05) is 32.1 Å². The van der Waals surface area contributed by atoms with Crippen LogP contribution in [0.1, 0.15) is 47.5 Å². The number of nitrogens with zero attached hydrogens (tertiary/aromatic N) is 1. The lowest BCUT2D eigenvalue weighted by Crippen LogP contribution is -2.41. The van der Waals surface area contributed by atoms with Crippen molar-refractivity contribution in [3.63, 3.8) is 0 Å². The monoisotopic (exact) mass is 274 g/mol. The molecule has 0 bridgehead atoms. The second-order valence-corrected chi connectivity index (χ2v) is 6.49. The van der Waals surface area contributed by atoms with Crippen LogP contribution >= 0.6 is 12.6 Å². The van der Waals surface area contributed by atoms with Gasteiger partial charge >= 0.3 is 0 Å². The Labute approximate surface area is 120 Å². The van der Waals surface area contributed by atoms with E-state index in [1.54, 1.807) is 0 Å². The Bertz CT molecular complexity index is 175. The normalized spacial score (nSPS) is 13.8. The van der Waals surface area contributed by atoms with Gasteiger partial charge in [-0.05, 0) is 31.6 Å². The van der Waals surface area contributed by atoms with E-state index in [-0.39, 0.29) is 0 Å². The number of hydrogen-bond donors (Lipinski definition) is 0. The van der Waals surface area contributed by atoms with E-state index in [2.05, 4.69) is 39.5 Å². The standard InChI is InChI=1S/C15H32NOS/c1-13(2)10-16(11-14(3)4)15(5)12-17-8-6-7-9-18/h13-15H,6-12H2,1-5H3. The molecule has 0 amide bonds. The van der Waals surface area contributed by atoms with E-state index < -0.39 is 0 Å². The Morgan fingerprint density at radius 3 is 1.94 bits per heavy atom. The molecule has 0 aromatic carbocycles. The number of hydrogen-bond acceptors (Lipinski definition) is 2. The highest BCUT2D eigenvalue weighted by molar-refractivity contribution is 7.80. The van der Waals surface area contributed by atoms with E-state index in [0.717, 1.165) is 44.9 Å². The first kappa shape index (κ1) is 18.3. The second-order valence-electron chi connectivity index (χ2n) is 6.08. The molecule has 0 saturated heterocycles. The minimum atomic E-state index is 0.512. The van der Waals surface area contributed by atoms with E-state index in [4.69, 9.17) is 17.4 Å². The van der Waals surface area contributed by atoms with Gasteiger partial charge in [-0.2, -0.15) is 0 Å². The number of ether oxygens (including phenoxy) is 1. The molecular weight excluding hydrogens is 242 g/mol. The summed E-state index contributed by atoms with van der Waals surface area (Å²) < 4.78 is 5.75. The molecule has 0 aliphatic heterocycles. The summed E-state index contributed by atoms with van der Waals surface area (Å²) in [4.78, 5) is 2.56. The van der Waals surface area contributed by atoms with Crippen LogP contribution in [0.4, 0.5) is 0 Å². The Hall–Kier alpha value is 0.270. The van der Waals surface area contributed by atoms with Crippen LogP contribution in [0.2, 0.25) is 0 Å². The summed E-state index contributed by atoms with van der Waals surface area (Å²) in [6, 6.07) is 0.512. The van der Waals surface area contributed by atoms with Crippen molar-refractivity contribution in [1.82, 2.24) is 4.90 Å². The molecule has 1 atom stereocenters. The third kappa shape index (κ3) is 10.2. The lowest BCUT2D eigenvalue weighted by molar-refractivity contribution is 0.0545. The minimum absolute atomic E-state index is 0.512. The molecular formula is C15H32NOS. The lowest BCUT2D eigenvalue weighted by Gasteiger charge is -2.32. The fourth-order valence-electron chi connectivity index (χ4n) is 2.04. The third-order valence-corrected chi connectivity index (χ3v) is 3.15. The molecule has 109 valence electrons. The highest BCUT2D eigenvalue weighted by Gasteiger charge is 2.16. The molecule has 0 saturated carbocycles. The van der Waals surface area contributed by atoms with Gasteiger partial charge in [0, 0.05) is 31.5 Å². The largest absolute Gasteiger partial charge is 0.380 e. The third-order valence-electron chi connectivity index (χ3n) is 2.86. The Kier molecular flexibility index (Phi) is 11.3. The summed E-state index contributed by atoms with van der Waals surface area (Å²) in [7, 11) is 0. The van der Waals surface area contributed by atoms with Gasteiger partial charge in [-0.25, -0.2) is 0 Å². The van der Waals surface area contributed by atoms with E-state index in [1.165, 1.54) is 0 Å². The maximum atomic E-state index is 5.75. The van der Waals surface area contributed by atoms with Crippen LogP contribution in [0.3, 0.4) is 0 Å². The smallest absolute Gasteiger partial charge is 0.0619 e. The highest BCUT2D eigenvalue weighted by atomic mass is 32.1. The van der Waals surface area contributed by atoms with Crippen LogP contribution in [-0.4, -0.2) is 43.0 Å². The molecule has 0 N–H and O–H groups in total. The van der Waals surface area contributed by atoms with Gasteiger partial charge in [-0.3, -0.25) is 4.90 Å². The summed E-state index contributed by atoms with van der Waals surface area (Å²) in [5.74, 6) is 2.28. The zero-order valence-electron chi connectivity index (χ0n) is 12.9. The predicted octanol–water partition coefficient (Wildman–Crippen LogP) is 3.98. The van der Waals surface area contributed by atoms with Crippen molar-refractivity contribution >= 4 is 12.6 Å². The van der Waals surface area contributed by atoms with Crippen LogP contribution in [0.15, 0.2) is 0 Å². The van der Waals surface area contributed by atoms with Gasteiger partial charge < -0.3 is 4.74 Å². The zero-order chi connectivity index (χ0) is 14.0. The SMILES string of the molecule is CC(C)CN(CC(C)C)C(C)COCCCC[S]. The maximum absolute atomic E-state index is 5.75. The van der Waals surface area contributed by atoms with Gasteiger partial charge in [0.05, 0.1) is 6.61 Å². The molecule has 0 aromatic heterocycles. The van der Waals surface area contributed by atoms with Crippen molar-refractivity contribution in [3.05, 3.63) is 0 Å². The summed E-state index contributed by atoms with van der Waals surface area (Å²) >= 11 is 4.93. The van der Waals surface area contributed by atoms with Gasteiger partial charge in [0.15, 0.2) is 0 Å². The second kappa shape index (κ2) is 11.1. The van der Waals surface area contributed by atoms with Crippen molar-refractivity contribution in [2.45, 2.75) is 53.5 Å². The van der Waals surface area contributed by atoms with Gasteiger partial charge in [0.25, 0.3) is 0 Å². The van der Waals surface area contributed by atoms with Gasteiger partial charge in [-0.15, -0.1) is 0 Å². The fourth-order valence-corrected chi connectivity index (χ4v) is 2.24. The summed E-state index contributed by atoms with van der Waals surface area (Å²) in [5, 5.41) is 0. The summed E-state index contributed by atoms with van der Waals surface area (Å²) in [5.41, 5.74) is 0. The van der Waals surface area contributed by atoms with Crippen LogP contribution in [-0.2, 0) is 4.74 Å². The minimum Gasteiger partial charge on any atom is -0.380 e. The Balaban J connectivity index is 3.92.